The molecule has 0 aliphatic carbocycles. The molecule has 2 unspecified atom stereocenters. The summed E-state index contributed by atoms with van der Waals surface area (Å²) >= 11 is 1.74. The zero-order chi connectivity index (χ0) is 15.1. The lowest BCUT2D eigenvalue weighted by molar-refractivity contribution is 0.103. The van der Waals surface area contributed by atoms with E-state index in [9.17, 15) is 5.11 Å². The number of benzene rings is 1. The third-order valence-corrected chi connectivity index (χ3v) is 4.34. The van der Waals surface area contributed by atoms with Gasteiger partial charge in [-0.2, -0.15) is 0 Å². The molecule has 1 heterocycles. The van der Waals surface area contributed by atoms with Gasteiger partial charge in [0.15, 0.2) is 0 Å². The third-order valence-electron chi connectivity index (χ3n) is 3.36. The molecular formula is C17H23NO2S. The largest absolute Gasteiger partial charge is 0.491 e. The lowest BCUT2D eigenvalue weighted by atomic mass is 10.2. The average molecular weight is 305 g/mol. The van der Waals surface area contributed by atoms with E-state index in [1.165, 1.54) is 10.4 Å². The molecule has 0 radical (unpaired) electrons. The van der Waals surface area contributed by atoms with Crippen LogP contribution in [0, 0.1) is 6.92 Å². The second kappa shape index (κ2) is 8.17. The lowest BCUT2D eigenvalue weighted by Gasteiger charge is -2.19. The van der Waals surface area contributed by atoms with E-state index in [0.717, 1.165) is 12.2 Å². The monoisotopic (exact) mass is 305 g/mol. The Morgan fingerprint density at radius 2 is 2.00 bits per heavy atom. The highest BCUT2D eigenvalue weighted by molar-refractivity contribution is 7.10. The van der Waals surface area contributed by atoms with Crippen LogP contribution < -0.4 is 10.1 Å². The Morgan fingerprint density at radius 1 is 1.24 bits per heavy atom. The molecule has 0 fully saturated rings. The molecule has 4 heteroatoms. The molecule has 2 rings (SSSR count). The molecule has 21 heavy (non-hydrogen) atoms. The number of hydrogen-bond acceptors (Lipinski definition) is 4. The van der Waals surface area contributed by atoms with Crippen molar-refractivity contribution in [3.05, 3.63) is 52.2 Å². The van der Waals surface area contributed by atoms with Crippen LogP contribution in [0.4, 0.5) is 0 Å². The highest BCUT2D eigenvalue weighted by Crippen LogP contribution is 2.21. The van der Waals surface area contributed by atoms with Crippen molar-refractivity contribution in [3.8, 4) is 5.75 Å². The van der Waals surface area contributed by atoms with Crippen LogP contribution in [0.5, 0.6) is 5.75 Å². The first-order chi connectivity index (χ1) is 10.2. The van der Waals surface area contributed by atoms with Gasteiger partial charge < -0.3 is 15.2 Å². The summed E-state index contributed by atoms with van der Waals surface area (Å²) in [6.45, 7) is 5.02. The summed E-state index contributed by atoms with van der Waals surface area (Å²) in [7, 11) is 0. The Morgan fingerprint density at radius 3 is 2.62 bits per heavy atom. The molecule has 1 aromatic carbocycles. The summed E-state index contributed by atoms with van der Waals surface area (Å²) in [6, 6.07) is 12.3. The van der Waals surface area contributed by atoms with Crippen molar-refractivity contribution in [1.82, 2.24) is 5.32 Å². The summed E-state index contributed by atoms with van der Waals surface area (Å²) in [5.74, 6) is 0.796. The third kappa shape index (κ3) is 5.16. The van der Waals surface area contributed by atoms with Crippen molar-refractivity contribution in [2.45, 2.75) is 32.4 Å². The van der Waals surface area contributed by atoms with Gasteiger partial charge in [0.1, 0.15) is 18.5 Å². The topological polar surface area (TPSA) is 41.5 Å². The quantitative estimate of drug-likeness (QED) is 0.784. The first-order valence-electron chi connectivity index (χ1n) is 7.33. The van der Waals surface area contributed by atoms with E-state index in [1.54, 1.807) is 11.3 Å². The number of ether oxygens (including phenoxy) is 1. The standard InChI is InChI=1S/C17H23NO2S/c1-3-16(17-5-4-10-21-17)18-11-14(19)12-20-15-8-6-13(2)7-9-15/h4-10,14,16,18-19H,3,11-12H2,1-2H3. The van der Waals surface area contributed by atoms with Gasteiger partial charge in [0.25, 0.3) is 0 Å². The Bertz CT molecular complexity index is 510. The minimum atomic E-state index is -0.514. The predicted molar refractivity (Wildman–Crippen MR) is 88.0 cm³/mol. The predicted octanol–water partition coefficient (Wildman–Crippen LogP) is 3.54. The number of aliphatic hydroxyl groups is 1. The molecule has 2 aromatic rings. The molecule has 2 N–H and O–H groups in total. The molecule has 0 aliphatic rings. The summed E-state index contributed by atoms with van der Waals surface area (Å²) in [6.07, 6.45) is 0.492. The molecule has 0 aliphatic heterocycles. The van der Waals surface area contributed by atoms with Crippen LogP contribution in [0.25, 0.3) is 0 Å². The van der Waals surface area contributed by atoms with Crippen LogP contribution in [0.15, 0.2) is 41.8 Å². The van der Waals surface area contributed by atoms with Crippen LogP contribution in [0.1, 0.15) is 29.8 Å². The van der Waals surface area contributed by atoms with Crippen molar-refractivity contribution < 1.29 is 9.84 Å². The lowest BCUT2D eigenvalue weighted by Crippen LogP contribution is -2.33. The van der Waals surface area contributed by atoms with Crippen LogP contribution in [0.3, 0.4) is 0 Å². The van der Waals surface area contributed by atoms with Crippen molar-refractivity contribution in [2.24, 2.45) is 0 Å². The number of nitrogens with one attached hydrogen (secondary N) is 1. The number of hydrogen-bond donors (Lipinski definition) is 2. The zero-order valence-electron chi connectivity index (χ0n) is 12.6. The molecule has 1 aromatic heterocycles. The van der Waals surface area contributed by atoms with Gasteiger partial charge in [-0.1, -0.05) is 30.7 Å². The number of aryl methyl sites for hydroxylation is 1. The summed E-state index contributed by atoms with van der Waals surface area (Å²) < 4.78 is 5.59. The van der Waals surface area contributed by atoms with Gasteiger partial charge in [-0.25, -0.2) is 0 Å². The van der Waals surface area contributed by atoms with Crippen LogP contribution in [-0.4, -0.2) is 24.4 Å². The van der Waals surface area contributed by atoms with Crippen LogP contribution in [0.2, 0.25) is 0 Å². The number of aliphatic hydroxyl groups excluding tert-OH is 1. The highest BCUT2D eigenvalue weighted by Gasteiger charge is 2.12. The minimum absolute atomic E-state index is 0.303. The van der Waals surface area contributed by atoms with Crippen molar-refractivity contribution in [2.75, 3.05) is 13.2 Å². The second-order valence-corrected chi connectivity index (χ2v) is 6.14. The van der Waals surface area contributed by atoms with E-state index in [0.29, 0.717) is 19.2 Å². The van der Waals surface area contributed by atoms with Crippen LogP contribution in [-0.2, 0) is 0 Å². The van der Waals surface area contributed by atoms with E-state index in [2.05, 4.69) is 29.8 Å². The molecule has 2 atom stereocenters. The van der Waals surface area contributed by atoms with Crippen LogP contribution >= 0.6 is 11.3 Å². The summed E-state index contributed by atoms with van der Waals surface area (Å²) in [5.41, 5.74) is 1.20. The van der Waals surface area contributed by atoms with Gasteiger partial charge in [0, 0.05) is 17.5 Å². The molecule has 0 spiro atoms. The molecule has 0 saturated carbocycles. The fourth-order valence-electron chi connectivity index (χ4n) is 2.10. The van der Waals surface area contributed by atoms with Gasteiger partial charge in [0.2, 0.25) is 0 Å². The van der Waals surface area contributed by atoms with Gasteiger partial charge in [-0.05, 0) is 36.9 Å². The van der Waals surface area contributed by atoms with E-state index in [-0.39, 0.29) is 0 Å². The maximum absolute atomic E-state index is 10.0. The Labute approximate surface area is 130 Å². The normalized spacial score (nSPS) is 13.9. The molecule has 0 bridgehead atoms. The Kier molecular flexibility index (Phi) is 6.23. The maximum atomic E-state index is 10.0. The average Bonchev–Trinajstić information content (AvgIpc) is 3.01. The van der Waals surface area contributed by atoms with Crippen molar-refractivity contribution in [1.29, 1.82) is 0 Å². The molecule has 3 nitrogen and oxygen atoms in total. The highest BCUT2D eigenvalue weighted by atomic mass is 32.1. The number of rotatable bonds is 8. The van der Waals surface area contributed by atoms with Gasteiger partial charge in [-0.15, -0.1) is 11.3 Å². The number of thiophene rings is 1. The molecule has 0 amide bonds. The van der Waals surface area contributed by atoms with Gasteiger partial charge >= 0.3 is 0 Å². The van der Waals surface area contributed by atoms with Crippen molar-refractivity contribution in [3.63, 3.8) is 0 Å². The summed E-state index contributed by atoms with van der Waals surface area (Å²) in [5, 5.41) is 15.5. The Balaban J connectivity index is 1.74. The fraction of sp³-hybridized carbons (Fsp3) is 0.412. The Hall–Kier alpha value is -1.36. The van der Waals surface area contributed by atoms with Crippen molar-refractivity contribution >= 4 is 11.3 Å². The first kappa shape index (κ1) is 16.0. The van der Waals surface area contributed by atoms with Gasteiger partial charge in [0.05, 0.1) is 0 Å². The SMILES string of the molecule is CCC(NCC(O)COc1ccc(C)cc1)c1cccs1. The van der Waals surface area contributed by atoms with E-state index >= 15 is 0 Å². The molecule has 114 valence electrons. The van der Waals surface area contributed by atoms with Gasteiger partial charge in [-0.3, -0.25) is 0 Å². The smallest absolute Gasteiger partial charge is 0.119 e. The zero-order valence-corrected chi connectivity index (χ0v) is 13.4. The minimum Gasteiger partial charge on any atom is -0.491 e. The first-order valence-corrected chi connectivity index (χ1v) is 8.21. The van der Waals surface area contributed by atoms with E-state index < -0.39 is 6.10 Å². The molecule has 0 saturated heterocycles. The fourth-order valence-corrected chi connectivity index (χ4v) is 2.99. The van der Waals surface area contributed by atoms with E-state index in [4.69, 9.17) is 4.74 Å². The maximum Gasteiger partial charge on any atom is 0.119 e. The second-order valence-electron chi connectivity index (χ2n) is 5.16. The van der Waals surface area contributed by atoms with E-state index in [1.807, 2.05) is 31.2 Å². The summed E-state index contributed by atoms with van der Waals surface area (Å²) in [4.78, 5) is 1.31. The molecular weight excluding hydrogens is 282 g/mol.